The molecule has 0 aliphatic carbocycles. The average Bonchev–Trinajstić information content (AvgIpc) is 2.65. The van der Waals surface area contributed by atoms with Crippen LogP contribution in [0.5, 0.6) is 0 Å². The van der Waals surface area contributed by atoms with Gasteiger partial charge in [-0.05, 0) is 40.9 Å². The Morgan fingerprint density at radius 3 is 2.29 bits per heavy atom. The number of hydrogen-bond donors (Lipinski definition) is 1. The lowest BCUT2D eigenvalue weighted by atomic mass is 10.2. The van der Waals surface area contributed by atoms with Crippen molar-refractivity contribution < 1.29 is 17.6 Å². The molecule has 0 aromatic heterocycles. The van der Waals surface area contributed by atoms with E-state index >= 15 is 0 Å². The molecule has 1 aliphatic rings. The van der Waals surface area contributed by atoms with Gasteiger partial charge in [-0.25, -0.2) is 17.9 Å². The lowest BCUT2D eigenvalue weighted by Gasteiger charge is -2.21. The molecule has 1 saturated heterocycles. The first-order valence-corrected chi connectivity index (χ1v) is 8.96. The minimum atomic E-state index is -4.21. The number of rotatable bonds is 2. The van der Waals surface area contributed by atoms with E-state index in [4.69, 9.17) is 5.14 Å². The van der Waals surface area contributed by atoms with Crippen molar-refractivity contribution >= 4 is 31.9 Å². The minimum absolute atomic E-state index is 0.113. The molecule has 1 aliphatic heterocycles. The molecule has 0 bridgehead atoms. The van der Waals surface area contributed by atoms with Crippen molar-refractivity contribution in [1.29, 1.82) is 0 Å². The molecule has 1 amide bonds. The first-order valence-electron chi connectivity index (χ1n) is 6.62. The summed E-state index contributed by atoms with van der Waals surface area (Å²) in [5.41, 5.74) is 0.113. The van der Waals surface area contributed by atoms with Crippen molar-refractivity contribution in [3.05, 3.63) is 28.0 Å². The second-order valence-corrected chi connectivity index (χ2v) is 7.40. The van der Waals surface area contributed by atoms with Gasteiger partial charge in [0, 0.05) is 17.6 Å². The second-order valence-electron chi connectivity index (χ2n) is 5.01. The Balaban J connectivity index is 2.40. The maximum atomic E-state index is 13.7. The molecule has 0 radical (unpaired) electrons. The fourth-order valence-electron chi connectivity index (χ4n) is 2.36. The van der Waals surface area contributed by atoms with Gasteiger partial charge < -0.3 is 4.90 Å². The van der Waals surface area contributed by atoms with Crippen molar-refractivity contribution in [2.45, 2.75) is 30.6 Å². The lowest BCUT2D eigenvalue weighted by Crippen LogP contribution is -2.32. The third-order valence-corrected chi connectivity index (χ3v) is 5.03. The van der Waals surface area contributed by atoms with Crippen LogP contribution in [0.1, 0.15) is 36.0 Å². The summed E-state index contributed by atoms with van der Waals surface area (Å²) in [6.07, 6.45) is 3.95. The topological polar surface area (TPSA) is 80.5 Å². The van der Waals surface area contributed by atoms with Crippen LogP contribution in [0.4, 0.5) is 4.39 Å². The van der Waals surface area contributed by atoms with Crippen molar-refractivity contribution in [3.63, 3.8) is 0 Å². The summed E-state index contributed by atoms with van der Waals surface area (Å²) in [6, 6.07) is 1.97. The zero-order chi connectivity index (χ0) is 15.6. The van der Waals surface area contributed by atoms with E-state index in [9.17, 15) is 17.6 Å². The molecular formula is C13H16BrFN2O3S. The average molecular weight is 379 g/mol. The Bertz CT molecular complexity index is 656. The first-order chi connectivity index (χ1) is 9.80. The summed E-state index contributed by atoms with van der Waals surface area (Å²) in [7, 11) is -4.21. The SMILES string of the molecule is NS(=O)(=O)c1cc(C(=O)N2CCCCCC2)c(Br)cc1F. The maximum Gasteiger partial charge on any atom is 0.255 e. The predicted octanol–water partition coefficient (Wildman–Crippen LogP) is 2.25. The summed E-state index contributed by atoms with van der Waals surface area (Å²) in [4.78, 5) is 13.5. The van der Waals surface area contributed by atoms with Crippen LogP contribution in [0.2, 0.25) is 0 Å². The highest BCUT2D eigenvalue weighted by atomic mass is 79.9. The molecular weight excluding hydrogens is 363 g/mol. The Morgan fingerprint density at radius 1 is 1.19 bits per heavy atom. The van der Waals surface area contributed by atoms with E-state index in [1.165, 1.54) is 0 Å². The van der Waals surface area contributed by atoms with Crippen molar-refractivity contribution in [2.75, 3.05) is 13.1 Å². The van der Waals surface area contributed by atoms with Crippen molar-refractivity contribution in [2.24, 2.45) is 5.14 Å². The number of likely N-dealkylation sites (tertiary alicyclic amines) is 1. The molecule has 0 atom stereocenters. The number of benzene rings is 1. The number of halogens is 2. The van der Waals surface area contributed by atoms with Crippen molar-refractivity contribution in [3.8, 4) is 0 Å². The second kappa shape index (κ2) is 6.41. The van der Waals surface area contributed by atoms with Crippen LogP contribution in [0.15, 0.2) is 21.5 Å². The maximum absolute atomic E-state index is 13.7. The van der Waals surface area contributed by atoms with Gasteiger partial charge in [0.15, 0.2) is 0 Å². The normalized spacial score (nSPS) is 16.6. The summed E-state index contributed by atoms with van der Waals surface area (Å²) in [6.45, 7) is 1.24. The van der Waals surface area contributed by atoms with Gasteiger partial charge in [-0.3, -0.25) is 4.79 Å². The molecule has 2 rings (SSSR count). The third-order valence-electron chi connectivity index (χ3n) is 3.45. The quantitative estimate of drug-likeness (QED) is 0.856. The molecule has 21 heavy (non-hydrogen) atoms. The highest BCUT2D eigenvalue weighted by Gasteiger charge is 2.24. The van der Waals surface area contributed by atoms with Gasteiger partial charge in [0.2, 0.25) is 10.0 Å². The zero-order valence-electron chi connectivity index (χ0n) is 11.3. The largest absolute Gasteiger partial charge is 0.339 e. The predicted molar refractivity (Wildman–Crippen MR) is 79.8 cm³/mol. The number of nitrogens with two attached hydrogens (primary N) is 1. The molecule has 1 aromatic carbocycles. The van der Waals surface area contributed by atoms with Gasteiger partial charge in [0.05, 0.1) is 5.56 Å². The number of hydrogen-bond acceptors (Lipinski definition) is 3. The van der Waals surface area contributed by atoms with Crippen LogP contribution in [0, 0.1) is 5.82 Å². The van der Waals surface area contributed by atoms with Crippen LogP contribution in [-0.2, 0) is 10.0 Å². The molecule has 8 heteroatoms. The number of carbonyl (C=O) groups is 1. The van der Waals surface area contributed by atoms with Gasteiger partial charge in [-0.15, -0.1) is 0 Å². The summed E-state index contributed by atoms with van der Waals surface area (Å²) in [5.74, 6) is -1.29. The molecule has 116 valence electrons. The fraction of sp³-hybridized carbons (Fsp3) is 0.462. The molecule has 0 saturated carbocycles. The molecule has 0 spiro atoms. The Morgan fingerprint density at radius 2 is 1.76 bits per heavy atom. The van der Waals surface area contributed by atoms with Crippen LogP contribution in [0.3, 0.4) is 0 Å². The Hall–Kier alpha value is -0.990. The number of primary sulfonamides is 1. The molecule has 1 fully saturated rings. The summed E-state index contributed by atoms with van der Waals surface area (Å²) < 4.78 is 36.6. The molecule has 5 nitrogen and oxygen atoms in total. The van der Waals surface area contributed by atoms with E-state index in [2.05, 4.69) is 15.9 Å². The summed E-state index contributed by atoms with van der Waals surface area (Å²) in [5, 5.41) is 4.97. The minimum Gasteiger partial charge on any atom is -0.339 e. The first kappa shape index (κ1) is 16.4. The van der Waals surface area contributed by atoms with E-state index in [-0.39, 0.29) is 15.9 Å². The molecule has 2 N–H and O–H groups in total. The van der Waals surface area contributed by atoms with Crippen LogP contribution < -0.4 is 5.14 Å². The highest BCUT2D eigenvalue weighted by Crippen LogP contribution is 2.26. The number of nitrogens with zero attached hydrogens (tertiary/aromatic N) is 1. The van der Waals surface area contributed by atoms with Gasteiger partial charge in [0.1, 0.15) is 10.7 Å². The van der Waals surface area contributed by atoms with E-state index < -0.39 is 20.7 Å². The third kappa shape index (κ3) is 3.81. The number of sulfonamides is 1. The monoisotopic (exact) mass is 378 g/mol. The lowest BCUT2D eigenvalue weighted by molar-refractivity contribution is 0.0760. The Kier molecular flexibility index (Phi) is 5.00. The van der Waals surface area contributed by atoms with Gasteiger partial charge in [0.25, 0.3) is 5.91 Å². The standard InChI is InChI=1S/C13H16BrFN2O3S/c14-10-8-11(15)12(21(16,19)20)7-9(10)13(18)17-5-3-1-2-4-6-17/h7-8H,1-6H2,(H2,16,19,20). The van der Waals surface area contributed by atoms with E-state index in [0.717, 1.165) is 37.8 Å². The van der Waals surface area contributed by atoms with E-state index in [1.54, 1.807) is 4.90 Å². The molecule has 0 unspecified atom stereocenters. The smallest absolute Gasteiger partial charge is 0.255 e. The summed E-state index contributed by atoms with van der Waals surface area (Å²) >= 11 is 3.11. The fourth-order valence-corrected chi connectivity index (χ4v) is 3.45. The Labute approximate surface area is 131 Å². The zero-order valence-corrected chi connectivity index (χ0v) is 13.7. The number of carbonyl (C=O) groups excluding carboxylic acids is 1. The van der Waals surface area contributed by atoms with E-state index in [1.807, 2.05) is 0 Å². The van der Waals surface area contributed by atoms with Gasteiger partial charge in [-0.2, -0.15) is 0 Å². The highest BCUT2D eigenvalue weighted by molar-refractivity contribution is 9.10. The molecule has 1 aromatic rings. The van der Waals surface area contributed by atoms with Crippen molar-refractivity contribution in [1.82, 2.24) is 4.90 Å². The van der Waals surface area contributed by atoms with Crippen LogP contribution in [0.25, 0.3) is 0 Å². The number of amides is 1. The van der Waals surface area contributed by atoms with Crippen LogP contribution in [-0.4, -0.2) is 32.3 Å². The molecule has 1 heterocycles. The van der Waals surface area contributed by atoms with Gasteiger partial charge >= 0.3 is 0 Å². The van der Waals surface area contributed by atoms with Crippen LogP contribution >= 0.6 is 15.9 Å². The van der Waals surface area contributed by atoms with Gasteiger partial charge in [-0.1, -0.05) is 12.8 Å². The van der Waals surface area contributed by atoms with E-state index in [0.29, 0.717) is 13.1 Å².